The zero-order valence-corrected chi connectivity index (χ0v) is 18.9. The number of rotatable bonds is 4. The van der Waals surface area contributed by atoms with Gasteiger partial charge in [0.2, 0.25) is 11.8 Å². The minimum atomic E-state index is -3.33. The van der Waals surface area contributed by atoms with E-state index in [1.165, 1.54) is 6.26 Å². The number of nitrogens with zero attached hydrogens (tertiary/aromatic N) is 2. The van der Waals surface area contributed by atoms with Gasteiger partial charge in [-0.25, -0.2) is 17.2 Å². The summed E-state index contributed by atoms with van der Waals surface area (Å²) in [7, 11) is -3.33. The summed E-state index contributed by atoms with van der Waals surface area (Å²) < 4.78 is 51.2. The van der Waals surface area contributed by atoms with Crippen molar-refractivity contribution in [3.63, 3.8) is 0 Å². The molecule has 4 rings (SSSR count). The van der Waals surface area contributed by atoms with Crippen molar-refractivity contribution in [1.82, 2.24) is 4.90 Å². The van der Waals surface area contributed by atoms with Crippen molar-refractivity contribution >= 4 is 21.4 Å². The summed E-state index contributed by atoms with van der Waals surface area (Å²) in [6.45, 7) is 1.51. The first-order chi connectivity index (χ1) is 15.1. The Hall–Kier alpha value is -2.48. The molecule has 0 N–H and O–H groups in total. The lowest BCUT2D eigenvalue weighted by atomic mass is 9.85. The van der Waals surface area contributed by atoms with Crippen LogP contribution >= 0.6 is 0 Å². The molecule has 8 heteroatoms. The van der Waals surface area contributed by atoms with Gasteiger partial charge in [-0.15, -0.1) is 0 Å². The van der Waals surface area contributed by atoms with Crippen molar-refractivity contribution in [2.75, 3.05) is 30.8 Å². The van der Waals surface area contributed by atoms with Gasteiger partial charge in [0.25, 0.3) is 0 Å². The average molecular weight is 463 g/mol. The van der Waals surface area contributed by atoms with Crippen molar-refractivity contribution in [3.8, 4) is 0 Å². The highest BCUT2D eigenvalue weighted by Crippen LogP contribution is 2.39. The molecule has 1 saturated carbocycles. The highest BCUT2D eigenvalue weighted by atomic mass is 32.2. The van der Waals surface area contributed by atoms with Crippen LogP contribution in [0.3, 0.4) is 0 Å². The average Bonchev–Trinajstić information content (AvgIpc) is 2.78. The van der Waals surface area contributed by atoms with E-state index in [9.17, 15) is 22.0 Å². The smallest absolute Gasteiger partial charge is 0.248 e. The number of anilines is 1. The highest BCUT2D eigenvalue weighted by Gasteiger charge is 2.41. The molecule has 1 amide bonds. The number of amides is 1. The lowest BCUT2D eigenvalue weighted by Gasteiger charge is -2.44. The number of benzene rings is 2. The van der Waals surface area contributed by atoms with Gasteiger partial charge in [0.15, 0.2) is 9.84 Å². The normalized spacial score (nSPS) is 22.0. The first-order valence-electron chi connectivity index (χ1n) is 10.9. The minimum Gasteiger partial charge on any atom is -0.367 e. The van der Waals surface area contributed by atoms with Crippen molar-refractivity contribution in [2.45, 2.75) is 42.5 Å². The van der Waals surface area contributed by atoms with Gasteiger partial charge in [0.05, 0.1) is 10.9 Å². The molecule has 0 spiro atoms. The van der Waals surface area contributed by atoms with Crippen molar-refractivity contribution < 1.29 is 22.0 Å². The molecular weight excluding hydrogens is 434 g/mol. The van der Waals surface area contributed by atoms with Crippen molar-refractivity contribution in [1.29, 1.82) is 0 Å². The third-order valence-corrected chi connectivity index (χ3v) is 7.64. The molecule has 2 aromatic rings. The molecule has 2 aliphatic rings. The summed E-state index contributed by atoms with van der Waals surface area (Å²) in [5.41, 5.74) is 1.77. The Kier molecular flexibility index (Phi) is 6.25. The number of carbonyl (C=O) groups is 1. The Morgan fingerprint density at radius 1 is 1.00 bits per heavy atom. The number of carbonyl (C=O) groups excluding carboxylic acids is 1. The van der Waals surface area contributed by atoms with Crippen LogP contribution in [0, 0.1) is 5.92 Å². The molecule has 1 aliphatic carbocycles. The third kappa shape index (κ3) is 4.95. The lowest BCUT2D eigenvalue weighted by molar-refractivity contribution is -0.142. The fraction of sp³-hybridized carbons (Fsp3) is 0.458. The van der Waals surface area contributed by atoms with Crippen molar-refractivity contribution in [3.05, 3.63) is 60.2 Å². The lowest BCUT2D eigenvalue weighted by Crippen LogP contribution is -2.52. The summed E-state index contributed by atoms with van der Waals surface area (Å²) in [4.78, 5) is 17.5. The maximum atomic E-state index is 13.6. The quantitative estimate of drug-likeness (QED) is 0.680. The van der Waals surface area contributed by atoms with E-state index in [2.05, 4.69) is 4.90 Å². The van der Waals surface area contributed by atoms with Gasteiger partial charge in [-0.3, -0.25) is 4.79 Å². The summed E-state index contributed by atoms with van der Waals surface area (Å²) in [5, 5.41) is 0. The molecule has 1 heterocycles. The van der Waals surface area contributed by atoms with Crippen LogP contribution < -0.4 is 4.90 Å². The third-order valence-electron chi connectivity index (χ3n) is 6.53. The fourth-order valence-electron chi connectivity index (χ4n) is 4.67. The summed E-state index contributed by atoms with van der Waals surface area (Å²) >= 11 is 0. The first-order valence-corrected chi connectivity index (χ1v) is 12.8. The maximum absolute atomic E-state index is 13.6. The van der Waals surface area contributed by atoms with Crippen LogP contribution in [-0.2, 0) is 14.6 Å². The Morgan fingerprint density at radius 2 is 1.69 bits per heavy atom. The Bertz CT molecular complexity index is 1070. The highest BCUT2D eigenvalue weighted by molar-refractivity contribution is 7.90. The molecule has 0 radical (unpaired) electrons. The topological polar surface area (TPSA) is 57.7 Å². The summed E-state index contributed by atoms with van der Waals surface area (Å²) in [5.74, 6) is -3.10. The number of piperazine rings is 1. The van der Waals surface area contributed by atoms with Crippen LogP contribution in [0.1, 0.15) is 37.3 Å². The summed E-state index contributed by atoms with van der Waals surface area (Å²) in [6.07, 6.45) is 1.13. The van der Waals surface area contributed by atoms with E-state index in [-0.39, 0.29) is 48.4 Å². The predicted molar refractivity (Wildman–Crippen MR) is 120 cm³/mol. The molecule has 0 aromatic heterocycles. The van der Waals surface area contributed by atoms with E-state index in [4.69, 9.17) is 0 Å². The van der Waals surface area contributed by atoms with E-state index < -0.39 is 15.8 Å². The molecule has 1 saturated heterocycles. The van der Waals surface area contributed by atoms with E-state index in [0.29, 0.717) is 19.6 Å². The second kappa shape index (κ2) is 8.81. The monoisotopic (exact) mass is 462 g/mol. The summed E-state index contributed by atoms with van der Waals surface area (Å²) in [6, 6.07) is 16.3. The van der Waals surface area contributed by atoms with Gasteiger partial charge < -0.3 is 9.80 Å². The largest absolute Gasteiger partial charge is 0.367 e. The van der Waals surface area contributed by atoms with Crippen LogP contribution in [0.2, 0.25) is 0 Å². The molecule has 0 bridgehead atoms. The van der Waals surface area contributed by atoms with Gasteiger partial charge in [0.1, 0.15) is 0 Å². The second-order valence-corrected chi connectivity index (χ2v) is 10.8. The Balaban J connectivity index is 1.58. The van der Waals surface area contributed by atoms with E-state index in [1.54, 1.807) is 18.2 Å². The van der Waals surface area contributed by atoms with Gasteiger partial charge in [0, 0.05) is 50.3 Å². The number of hydrogen-bond acceptors (Lipinski definition) is 4. The second-order valence-electron chi connectivity index (χ2n) is 8.80. The Morgan fingerprint density at radius 3 is 2.34 bits per heavy atom. The van der Waals surface area contributed by atoms with Gasteiger partial charge >= 0.3 is 0 Å². The SMILES string of the molecule is CS(=O)(=O)c1cccc(N2CCN(C(=O)C3CCC(F)(F)CC3)[C@@H](c3ccccc3)C2)c1. The van der Waals surface area contributed by atoms with Crippen LogP contribution in [0.15, 0.2) is 59.5 Å². The number of sulfone groups is 1. The van der Waals surface area contributed by atoms with Gasteiger partial charge in [-0.1, -0.05) is 36.4 Å². The van der Waals surface area contributed by atoms with Gasteiger partial charge in [-0.2, -0.15) is 0 Å². The van der Waals surface area contributed by atoms with Crippen LogP contribution in [0.5, 0.6) is 0 Å². The van der Waals surface area contributed by atoms with Crippen LogP contribution in [0.4, 0.5) is 14.5 Å². The van der Waals surface area contributed by atoms with Gasteiger partial charge in [-0.05, 0) is 36.6 Å². The van der Waals surface area contributed by atoms with E-state index in [1.807, 2.05) is 41.3 Å². The predicted octanol–water partition coefficient (Wildman–Crippen LogP) is 4.31. The minimum absolute atomic E-state index is 0.0566. The number of halogens is 2. The molecule has 1 aliphatic heterocycles. The molecule has 2 fully saturated rings. The zero-order chi connectivity index (χ0) is 22.9. The van der Waals surface area contributed by atoms with Crippen molar-refractivity contribution in [2.24, 2.45) is 5.92 Å². The van der Waals surface area contributed by atoms with Crippen LogP contribution in [-0.4, -0.2) is 51.0 Å². The maximum Gasteiger partial charge on any atom is 0.248 e. The molecule has 1 atom stereocenters. The molecule has 5 nitrogen and oxygen atoms in total. The molecule has 2 aromatic carbocycles. The van der Waals surface area contributed by atoms with E-state index >= 15 is 0 Å². The van der Waals surface area contributed by atoms with Crippen LogP contribution in [0.25, 0.3) is 0 Å². The number of hydrogen-bond donors (Lipinski definition) is 0. The fourth-order valence-corrected chi connectivity index (χ4v) is 5.33. The number of alkyl halides is 2. The molecule has 0 unspecified atom stereocenters. The first kappa shape index (κ1) is 22.7. The van der Waals surface area contributed by atoms with E-state index in [0.717, 1.165) is 11.3 Å². The standard InChI is InChI=1S/C24H28F2N2O3S/c1-32(30,31)21-9-5-8-20(16-21)27-14-15-28(22(17-27)18-6-3-2-4-7-18)23(29)19-10-12-24(25,26)13-11-19/h2-9,16,19,22H,10-15,17H2,1H3/t22-/m1/s1. The molecular formula is C24H28F2N2O3S. The Labute approximate surface area is 187 Å². The zero-order valence-electron chi connectivity index (χ0n) is 18.1. The molecule has 32 heavy (non-hydrogen) atoms. The molecule has 172 valence electrons.